The highest BCUT2D eigenvalue weighted by Crippen LogP contribution is 1.74. The minimum atomic E-state index is -3.16. The van der Waals surface area contributed by atoms with Gasteiger partial charge in [0.15, 0.2) is 0 Å². The van der Waals surface area contributed by atoms with Crippen LogP contribution in [0.5, 0.6) is 0 Å². The van der Waals surface area contributed by atoms with E-state index >= 15 is 0 Å². The molecule has 0 unspecified atom stereocenters. The molecule has 36 valence electrons. The highest BCUT2D eigenvalue weighted by Gasteiger charge is 1.89. The van der Waals surface area contributed by atoms with Gasteiger partial charge in [0.1, 0.15) is 0 Å². The fraction of sp³-hybridized carbons (Fsp3) is 1.00. The highest BCUT2D eigenvalue weighted by atomic mass is 32.2. The summed E-state index contributed by atoms with van der Waals surface area (Å²) in [6.45, 7) is 0. The second-order valence-corrected chi connectivity index (χ2v) is 2.61. The highest BCUT2D eigenvalue weighted by molar-refractivity contribution is 7.86. The van der Waals surface area contributed by atoms with Crippen LogP contribution in [-0.4, -0.2) is 22.7 Å². The van der Waals surface area contributed by atoms with Crippen molar-refractivity contribution in [3.63, 3.8) is 0 Å². The first-order valence-electron chi connectivity index (χ1n) is 1.32. The van der Waals surface area contributed by atoms with E-state index in [1.807, 2.05) is 0 Å². The van der Waals surface area contributed by atoms with Crippen LogP contribution < -0.4 is 0 Å². The van der Waals surface area contributed by atoms with Gasteiger partial charge in [0.25, 0.3) is 8.05 Å². The van der Waals surface area contributed by atoms with Gasteiger partial charge in [-0.3, -0.25) is 0 Å². The molecule has 6 heavy (non-hydrogen) atoms. The molecule has 0 atom stereocenters. The second-order valence-electron chi connectivity index (χ2n) is 0.871. The van der Waals surface area contributed by atoms with Gasteiger partial charge in [0.2, 0.25) is 10.1 Å². The molecule has 0 aliphatic rings. The topological polar surface area (TPSA) is 43.4 Å². The van der Waals surface area contributed by atoms with Gasteiger partial charge in [-0.25, -0.2) is 8.42 Å². The van der Waals surface area contributed by atoms with Crippen molar-refractivity contribution in [1.82, 2.24) is 0 Å². The molecule has 0 saturated heterocycles. The van der Waals surface area contributed by atoms with Crippen LogP contribution in [0, 0.1) is 0 Å². The Labute approximate surface area is 37.9 Å². The van der Waals surface area contributed by atoms with Gasteiger partial charge in [0, 0.05) is 0 Å². The molecule has 0 heterocycles. The van der Waals surface area contributed by atoms with Crippen molar-refractivity contribution in [2.45, 2.75) is 0 Å². The number of hydrogen-bond acceptors (Lipinski definition) is 3. The minimum absolute atomic E-state index is 0.993. The summed E-state index contributed by atoms with van der Waals surface area (Å²) in [4.78, 5) is 0. The molecule has 0 amide bonds. The molecule has 3 nitrogen and oxygen atoms in total. The molecule has 0 spiro atoms. The van der Waals surface area contributed by atoms with E-state index in [0.717, 1.165) is 14.3 Å². The van der Waals surface area contributed by atoms with Crippen LogP contribution in [0.25, 0.3) is 0 Å². The lowest BCUT2D eigenvalue weighted by Crippen LogP contribution is -1.97. The SMILES string of the molecule is BOS(C)(=O)=O. The molecule has 0 aromatic carbocycles. The Hall–Kier alpha value is -0.0251. The van der Waals surface area contributed by atoms with Crippen LogP contribution in [0.3, 0.4) is 0 Å². The summed E-state index contributed by atoms with van der Waals surface area (Å²) in [5, 5.41) is 0. The summed E-state index contributed by atoms with van der Waals surface area (Å²) < 4.78 is 23.5. The minimum Gasteiger partial charge on any atom is -0.344 e. The first kappa shape index (κ1) is 5.97. The average molecular weight is 108 g/mol. The van der Waals surface area contributed by atoms with E-state index in [1.165, 1.54) is 0 Å². The first-order valence-corrected chi connectivity index (χ1v) is 3.13. The molecule has 0 aliphatic carbocycles. The molecular formula is CH5BO3S. The maximum Gasteiger partial charge on any atom is 0.283 e. The van der Waals surface area contributed by atoms with Gasteiger partial charge in [0.05, 0.1) is 6.26 Å². The molecule has 0 radical (unpaired) electrons. The Morgan fingerprint density at radius 1 is 1.67 bits per heavy atom. The Kier molecular flexibility index (Phi) is 1.61. The number of hydrogen-bond donors (Lipinski definition) is 0. The van der Waals surface area contributed by atoms with Crippen LogP contribution >= 0.6 is 0 Å². The van der Waals surface area contributed by atoms with Gasteiger partial charge in [-0.05, 0) is 0 Å². The van der Waals surface area contributed by atoms with Crippen LogP contribution in [0.2, 0.25) is 0 Å². The van der Waals surface area contributed by atoms with Crippen molar-refractivity contribution in [3.8, 4) is 0 Å². The van der Waals surface area contributed by atoms with E-state index in [-0.39, 0.29) is 0 Å². The lowest BCUT2D eigenvalue weighted by molar-refractivity contribution is 0.515. The molecule has 0 bridgehead atoms. The van der Waals surface area contributed by atoms with Crippen molar-refractivity contribution in [3.05, 3.63) is 0 Å². The average Bonchev–Trinajstić information content (AvgIpc) is 1.35. The van der Waals surface area contributed by atoms with Crippen LogP contribution in [0.15, 0.2) is 0 Å². The van der Waals surface area contributed by atoms with E-state index in [4.69, 9.17) is 0 Å². The monoisotopic (exact) mass is 108 g/mol. The molecule has 5 heteroatoms. The van der Waals surface area contributed by atoms with Crippen molar-refractivity contribution in [2.24, 2.45) is 0 Å². The van der Waals surface area contributed by atoms with Crippen molar-refractivity contribution in [2.75, 3.05) is 6.26 Å². The van der Waals surface area contributed by atoms with Crippen LogP contribution in [-0.2, 0) is 14.2 Å². The smallest absolute Gasteiger partial charge is 0.283 e. The van der Waals surface area contributed by atoms with Gasteiger partial charge in [-0.2, -0.15) is 0 Å². The van der Waals surface area contributed by atoms with Crippen molar-refractivity contribution < 1.29 is 12.5 Å². The Morgan fingerprint density at radius 3 is 1.83 bits per heavy atom. The van der Waals surface area contributed by atoms with E-state index in [0.29, 0.717) is 0 Å². The van der Waals surface area contributed by atoms with Crippen LogP contribution in [0.4, 0.5) is 0 Å². The largest absolute Gasteiger partial charge is 0.344 e. The standard InChI is InChI=1S/CH5BO3S/c1-6(3,4)5-2/h2H2,1H3. The summed E-state index contributed by atoms with van der Waals surface area (Å²) in [7, 11) is -2.04. The molecule has 0 aliphatic heterocycles. The van der Waals surface area contributed by atoms with Gasteiger partial charge >= 0.3 is 0 Å². The maximum atomic E-state index is 9.78. The van der Waals surface area contributed by atoms with Crippen LogP contribution in [0.1, 0.15) is 0 Å². The van der Waals surface area contributed by atoms with Gasteiger partial charge < -0.3 is 4.10 Å². The molecule has 0 aromatic rings. The fourth-order valence-electron chi connectivity index (χ4n) is 0. The zero-order valence-electron chi connectivity index (χ0n) is 3.63. The summed E-state index contributed by atoms with van der Waals surface area (Å²) >= 11 is 0. The van der Waals surface area contributed by atoms with Gasteiger partial charge in [-0.1, -0.05) is 0 Å². The van der Waals surface area contributed by atoms with E-state index in [2.05, 4.69) is 4.10 Å². The summed E-state index contributed by atoms with van der Waals surface area (Å²) in [6, 6.07) is 0. The lowest BCUT2D eigenvalue weighted by Gasteiger charge is -1.85. The van der Waals surface area contributed by atoms with E-state index < -0.39 is 10.1 Å². The zero-order valence-corrected chi connectivity index (χ0v) is 4.45. The Bertz CT molecular complexity index is 113. The predicted octanol–water partition coefficient (Wildman–Crippen LogP) is -1.49. The van der Waals surface area contributed by atoms with E-state index in [9.17, 15) is 8.42 Å². The third kappa shape index (κ3) is 3.97. The number of rotatable bonds is 1. The summed E-state index contributed by atoms with van der Waals surface area (Å²) in [6.07, 6.45) is 0.993. The molecule has 0 rings (SSSR count). The van der Waals surface area contributed by atoms with E-state index in [1.54, 1.807) is 0 Å². The van der Waals surface area contributed by atoms with Crippen molar-refractivity contribution >= 4 is 18.2 Å². The third-order valence-corrected chi connectivity index (χ3v) is 0.908. The Balaban J connectivity index is 3.85. The molecule has 0 saturated carbocycles. The normalized spacial score (nSPS) is 11.5. The Morgan fingerprint density at radius 2 is 1.83 bits per heavy atom. The quantitative estimate of drug-likeness (QED) is 0.384. The van der Waals surface area contributed by atoms with Gasteiger partial charge in [-0.15, -0.1) is 0 Å². The molecule has 0 aromatic heterocycles. The predicted molar refractivity (Wildman–Crippen MR) is 24.5 cm³/mol. The second kappa shape index (κ2) is 1.62. The summed E-state index contributed by atoms with van der Waals surface area (Å²) in [5.41, 5.74) is 0. The maximum absolute atomic E-state index is 9.78. The lowest BCUT2D eigenvalue weighted by atomic mass is 10.6. The molecule has 0 N–H and O–H groups in total. The third-order valence-electron chi connectivity index (χ3n) is 0.303. The fourth-order valence-corrected chi connectivity index (χ4v) is 0. The zero-order chi connectivity index (χ0) is 5.21. The summed E-state index contributed by atoms with van der Waals surface area (Å²) in [5.74, 6) is 0. The first-order chi connectivity index (χ1) is 2.56. The molecule has 0 fully saturated rings. The van der Waals surface area contributed by atoms with Crippen molar-refractivity contribution in [1.29, 1.82) is 0 Å². The molecular weight excluding hydrogens is 103 g/mol.